The van der Waals surface area contributed by atoms with Crippen LogP contribution in [-0.2, 0) is 0 Å². The molecule has 0 spiro atoms. The maximum atomic E-state index is 14.5. The number of nitrogens with two attached hydrogens (primary N) is 1. The number of hydrogen-bond acceptors (Lipinski definition) is 2. The van der Waals surface area contributed by atoms with Crippen LogP contribution in [0.3, 0.4) is 0 Å². The predicted molar refractivity (Wildman–Crippen MR) is 101 cm³/mol. The van der Waals surface area contributed by atoms with E-state index >= 15 is 0 Å². The first-order chi connectivity index (χ1) is 12.1. The highest BCUT2D eigenvalue weighted by Gasteiger charge is 2.32. The predicted octanol–water partition coefficient (Wildman–Crippen LogP) is 6.39. The van der Waals surface area contributed by atoms with E-state index in [9.17, 15) is 4.39 Å². The van der Waals surface area contributed by atoms with Gasteiger partial charge >= 0.3 is 0 Å². The van der Waals surface area contributed by atoms with Crippen LogP contribution < -0.4 is 10.7 Å². The second kappa shape index (κ2) is 8.55. The van der Waals surface area contributed by atoms with Crippen molar-refractivity contribution in [2.45, 2.75) is 63.7 Å². The highest BCUT2D eigenvalue weighted by atomic mass is 35.5. The van der Waals surface area contributed by atoms with Crippen molar-refractivity contribution in [3.63, 3.8) is 0 Å². The van der Waals surface area contributed by atoms with Crippen molar-refractivity contribution in [1.82, 2.24) is 0 Å². The first kappa shape index (κ1) is 18.7. The second-order valence-electron chi connectivity index (χ2n) is 7.82. The zero-order chi connectivity index (χ0) is 17.8. The molecule has 0 atom stereocenters. The summed E-state index contributed by atoms with van der Waals surface area (Å²) < 4.78 is 14.5. The molecule has 0 heterocycles. The second-order valence-corrected chi connectivity index (χ2v) is 8.19. The van der Waals surface area contributed by atoms with Gasteiger partial charge in [0.1, 0.15) is 10.8 Å². The van der Waals surface area contributed by atoms with E-state index in [2.05, 4.69) is 17.5 Å². The topological polar surface area (TPSA) is 35.2 Å². The van der Waals surface area contributed by atoms with Crippen LogP contribution in [0.2, 0.25) is 5.02 Å². The van der Waals surface area contributed by atoms with Crippen LogP contribution in [0.25, 0.3) is 0 Å². The Morgan fingerprint density at radius 3 is 2.24 bits per heavy atom. The first-order valence-corrected chi connectivity index (χ1v) is 9.97. The van der Waals surface area contributed by atoms with Crippen LogP contribution >= 0.6 is 11.6 Å². The zero-order valence-corrected chi connectivity index (χ0v) is 15.6. The van der Waals surface area contributed by atoms with Crippen molar-refractivity contribution >= 4 is 11.6 Å². The van der Waals surface area contributed by atoms with Crippen molar-refractivity contribution in [1.29, 1.82) is 0 Å². The third-order valence-corrected chi connectivity index (χ3v) is 6.83. The van der Waals surface area contributed by atoms with Gasteiger partial charge in [0.05, 0.1) is 0 Å². The van der Waals surface area contributed by atoms with Gasteiger partial charge in [-0.1, -0.05) is 23.7 Å². The lowest BCUT2D eigenvalue weighted by molar-refractivity contribution is 0.160. The summed E-state index contributed by atoms with van der Waals surface area (Å²) >= 11 is 6.02. The van der Waals surface area contributed by atoms with E-state index in [0.29, 0.717) is 0 Å². The molecule has 0 saturated heterocycles. The highest BCUT2D eigenvalue weighted by Crippen LogP contribution is 2.45. The molecule has 0 aliphatic heterocycles. The Kier molecular flexibility index (Phi) is 6.40. The van der Waals surface area contributed by atoms with Crippen LogP contribution in [0.4, 0.5) is 4.39 Å². The fourth-order valence-corrected chi connectivity index (χ4v) is 5.20. The Balaban J connectivity index is 1.56. The summed E-state index contributed by atoms with van der Waals surface area (Å²) in [6, 6.07) is 3.46. The normalized spacial score (nSPS) is 30.0. The molecule has 2 nitrogen and oxygen atoms in total. The lowest BCUT2D eigenvalue weighted by Gasteiger charge is -2.38. The van der Waals surface area contributed by atoms with Crippen molar-refractivity contribution < 1.29 is 9.23 Å². The average molecular weight is 366 g/mol. The van der Waals surface area contributed by atoms with Gasteiger partial charge in [0.15, 0.2) is 5.75 Å². The van der Waals surface area contributed by atoms with Crippen LogP contribution in [0.5, 0.6) is 5.75 Å². The van der Waals surface area contributed by atoms with Gasteiger partial charge in [0.25, 0.3) is 0 Å². The minimum Gasteiger partial charge on any atom is -0.410 e. The maximum Gasteiger partial charge on any atom is 0.168 e. The molecule has 138 valence electrons. The Labute approximate surface area is 155 Å². The van der Waals surface area contributed by atoms with Crippen molar-refractivity contribution in [3.8, 4) is 5.75 Å². The standard InChI is InChI=1S/C21H29ClFNO/c1-2-3-14-4-6-15(7-5-14)16-8-10-17(11-9-16)18-12-13-19(25-24)20(22)21(18)23/h2,12-17H,1,3-11,24H2. The summed E-state index contributed by atoms with van der Waals surface area (Å²) in [6.07, 6.45) is 13.1. The van der Waals surface area contributed by atoms with Crippen LogP contribution in [0.1, 0.15) is 69.3 Å². The molecule has 1 aromatic rings. The van der Waals surface area contributed by atoms with Gasteiger partial charge in [0, 0.05) is 0 Å². The minimum atomic E-state index is -0.363. The molecule has 0 amide bonds. The monoisotopic (exact) mass is 365 g/mol. The summed E-state index contributed by atoms with van der Waals surface area (Å²) in [5.41, 5.74) is 0.721. The van der Waals surface area contributed by atoms with E-state index < -0.39 is 0 Å². The van der Waals surface area contributed by atoms with Crippen LogP contribution in [0.15, 0.2) is 24.8 Å². The summed E-state index contributed by atoms with van der Waals surface area (Å²) in [7, 11) is 0. The lowest BCUT2D eigenvalue weighted by atomic mass is 9.68. The number of allylic oxidation sites excluding steroid dienone is 1. The summed E-state index contributed by atoms with van der Waals surface area (Å²) in [4.78, 5) is 4.61. The Bertz CT molecular complexity index is 590. The number of rotatable bonds is 5. The smallest absolute Gasteiger partial charge is 0.168 e. The minimum absolute atomic E-state index is 0.00247. The molecule has 2 fully saturated rings. The SMILES string of the molecule is C=CCC1CCC(C2CCC(c3ccc(ON)c(Cl)c3F)CC2)CC1. The van der Waals surface area contributed by atoms with E-state index in [1.54, 1.807) is 12.1 Å². The van der Waals surface area contributed by atoms with E-state index in [4.69, 9.17) is 17.5 Å². The summed E-state index contributed by atoms with van der Waals surface area (Å²) in [5, 5.41) is 0.00247. The maximum absolute atomic E-state index is 14.5. The average Bonchev–Trinajstić information content (AvgIpc) is 2.65. The quantitative estimate of drug-likeness (QED) is 0.484. The summed E-state index contributed by atoms with van der Waals surface area (Å²) in [5.74, 6) is 7.75. The molecule has 25 heavy (non-hydrogen) atoms. The molecule has 0 bridgehead atoms. The van der Waals surface area contributed by atoms with E-state index in [1.807, 2.05) is 0 Å². The Morgan fingerprint density at radius 1 is 1.08 bits per heavy atom. The van der Waals surface area contributed by atoms with Gasteiger partial charge in [0.2, 0.25) is 0 Å². The molecule has 2 saturated carbocycles. The lowest BCUT2D eigenvalue weighted by Crippen LogP contribution is -2.25. The summed E-state index contributed by atoms with van der Waals surface area (Å²) in [6.45, 7) is 3.87. The third-order valence-electron chi connectivity index (χ3n) is 6.47. The zero-order valence-electron chi connectivity index (χ0n) is 14.9. The molecule has 2 N–H and O–H groups in total. The molecular formula is C21H29ClFNO. The number of halogens is 2. The highest BCUT2D eigenvalue weighted by molar-refractivity contribution is 6.32. The van der Waals surface area contributed by atoms with Crippen LogP contribution in [-0.4, -0.2) is 0 Å². The van der Waals surface area contributed by atoms with Gasteiger partial charge in [-0.05, 0) is 93.1 Å². The molecule has 4 heteroatoms. The van der Waals surface area contributed by atoms with Crippen molar-refractivity contribution in [3.05, 3.63) is 41.2 Å². The fourth-order valence-electron chi connectivity index (χ4n) is 4.99. The molecule has 1 aromatic carbocycles. The van der Waals surface area contributed by atoms with Gasteiger partial charge < -0.3 is 4.84 Å². The van der Waals surface area contributed by atoms with Gasteiger partial charge in [-0.25, -0.2) is 4.39 Å². The van der Waals surface area contributed by atoms with E-state index in [-0.39, 0.29) is 22.5 Å². The van der Waals surface area contributed by atoms with Crippen molar-refractivity contribution in [2.24, 2.45) is 23.7 Å². The molecule has 0 radical (unpaired) electrons. The van der Waals surface area contributed by atoms with E-state index in [0.717, 1.165) is 36.2 Å². The first-order valence-electron chi connectivity index (χ1n) is 9.59. The Morgan fingerprint density at radius 2 is 1.68 bits per heavy atom. The van der Waals surface area contributed by atoms with Gasteiger partial charge in [-0.3, -0.25) is 0 Å². The van der Waals surface area contributed by atoms with Gasteiger partial charge in [-0.2, -0.15) is 5.90 Å². The molecule has 2 aliphatic carbocycles. The molecular weight excluding hydrogens is 337 g/mol. The van der Waals surface area contributed by atoms with Gasteiger partial charge in [-0.15, -0.1) is 6.58 Å². The third kappa shape index (κ3) is 4.20. The van der Waals surface area contributed by atoms with Crippen molar-refractivity contribution in [2.75, 3.05) is 0 Å². The largest absolute Gasteiger partial charge is 0.410 e. The molecule has 3 rings (SSSR count). The molecule has 0 aromatic heterocycles. The van der Waals surface area contributed by atoms with Crippen LogP contribution in [0, 0.1) is 23.6 Å². The van der Waals surface area contributed by atoms with E-state index in [1.165, 1.54) is 44.9 Å². The molecule has 2 aliphatic rings. The number of benzene rings is 1. The number of hydrogen-bond donors (Lipinski definition) is 1. The molecule has 0 unspecified atom stereocenters. The Hall–Kier alpha value is -1.06. The fraction of sp³-hybridized carbons (Fsp3) is 0.619.